The number of carbonyl (C=O) groups excluding carboxylic acids is 1. The molecule has 8 heavy (non-hydrogen) atoms. The second-order valence-corrected chi connectivity index (χ2v) is 2.95. The Hall–Kier alpha value is -0.530. The fourth-order valence-electron chi connectivity index (χ4n) is 1.32. The molecular formula is C6H8NO. The summed E-state index contributed by atoms with van der Waals surface area (Å²) in [7, 11) is 0. The van der Waals surface area contributed by atoms with Crippen molar-refractivity contribution in [2.45, 2.75) is 12.8 Å². The van der Waals surface area contributed by atoms with E-state index in [4.69, 9.17) is 0 Å². The number of hydrogen-bond acceptors (Lipinski definition) is 1. The van der Waals surface area contributed by atoms with Crippen LogP contribution in [0.4, 0.5) is 0 Å². The molecule has 0 unspecified atom stereocenters. The van der Waals surface area contributed by atoms with E-state index in [1.54, 1.807) is 4.90 Å². The van der Waals surface area contributed by atoms with Gasteiger partial charge in [-0.2, -0.15) is 0 Å². The Kier molecular flexibility index (Phi) is 0.581. The van der Waals surface area contributed by atoms with E-state index >= 15 is 0 Å². The lowest BCUT2D eigenvalue weighted by Crippen LogP contribution is -2.47. The molecule has 0 aromatic rings. The van der Waals surface area contributed by atoms with Gasteiger partial charge in [0.1, 0.15) is 0 Å². The highest BCUT2D eigenvalue weighted by molar-refractivity contribution is 5.51. The molecule has 2 aliphatic rings. The van der Waals surface area contributed by atoms with Crippen molar-refractivity contribution in [2.24, 2.45) is 5.41 Å². The summed E-state index contributed by atoms with van der Waals surface area (Å²) in [6, 6.07) is 0. The van der Waals surface area contributed by atoms with Crippen molar-refractivity contribution < 1.29 is 4.79 Å². The number of rotatable bonds is 1. The molecule has 1 heterocycles. The maximum absolute atomic E-state index is 9.90. The van der Waals surface area contributed by atoms with Gasteiger partial charge in [0.2, 0.25) is 0 Å². The summed E-state index contributed by atoms with van der Waals surface area (Å²) in [5.41, 5.74) is 0.609. The van der Waals surface area contributed by atoms with Gasteiger partial charge in [0.25, 0.3) is 0 Å². The minimum atomic E-state index is 0.609. The monoisotopic (exact) mass is 110 g/mol. The predicted molar refractivity (Wildman–Crippen MR) is 28.9 cm³/mol. The van der Waals surface area contributed by atoms with Crippen molar-refractivity contribution in [1.82, 2.24) is 4.90 Å². The molecule has 1 saturated carbocycles. The number of nitrogens with zero attached hydrogens (tertiary/aromatic N) is 1. The fourth-order valence-corrected chi connectivity index (χ4v) is 1.32. The van der Waals surface area contributed by atoms with Crippen LogP contribution in [-0.2, 0) is 4.79 Å². The Bertz CT molecular complexity index is 120. The zero-order valence-corrected chi connectivity index (χ0v) is 4.68. The van der Waals surface area contributed by atoms with Crippen molar-refractivity contribution in [3.63, 3.8) is 0 Å². The third-order valence-electron chi connectivity index (χ3n) is 2.14. The van der Waals surface area contributed by atoms with Gasteiger partial charge in [0.05, 0.1) is 0 Å². The second kappa shape index (κ2) is 1.07. The minimum Gasteiger partial charge on any atom is -0.333 e. The van der Waals surface area contributed by atoms with Crippen LogP contribution in [0.3, 0.4) is 0 Å². The summed E-state index contributed by atoms with van der Waals surface area (Å²) < 4.78 is 0. The van der Waals surface area contributed by atoms with Crippen LogP contribution in [0, 0.1) is 5.41 Å². The molecule has 0 bridgehead atoms. The van der Waals surface area contributed by atoms with Gasteiger partial charge in [0.15, 0.2) is 0 Å². The van der Waals surface area contributed by atoms with Gasteiger partial charge >= 0.3 is 6.41 Å². The van der Waals surface area contributed by atoms with Crippen LogP contribution < -0.4 is 0 Å². The Morgan fingerprint density at radius 2 is 2.00 bits per heavy atom. The molecule has 2 fully saturated rings. The lowest BCUT2D eigenvalue weighted by molar-refractivity contribution is 0.159. The third kappa shape index (κ3) is 0.403. The summed E-state index contributed by atoms with van der Waals surface area (Å²) in [5.74, 6) is 0. The van der Waals surface area contributed by atoms with E-state index in [0.29, 0.717) is 5.41 Å². The molecule has 1 amide bonds. The Balaban J connectivity index is 1.91. The van der Waals surface area contributed by atoms with Gasteiger partial charge in [0, 0.05) is 18.5 Å². The first kappa shape index (κ1) is 4.36. The maximum Gasteiger partial charge on any atom is 0.312 e. The van der Waals surface area contributed by atoms with Gasteiger partial charge in [-0.05, 0) is 12.8 Å². The van der Waals surface area contributed by atoms with Crippen LogP contribution in [0.1, 0.15) is 12.8 Å². The van der Waals surface area contributed by atoms with E-state index in [-0.39, 0.29) is 0 Å². The molecule has 2 rings (SSSR count). The molecule has 0 aromatic heterocycles. The first-order valence-corrected chi connectivity index (χ1v) is 2.97. The highest BCUT2D eigenvalue weighted by Gasteiger charge is 2.52. The zero-order valence-electron chi connectivity index (χ0n) is 4.68. The normalized spacial score (nSPS) is 29.8. The van der Waals surface area contributed by atoms with Crippen molar-refractivity contribution in [1.29, 1.82) is 0 Å². The molecule has 1 saturated heterocycles. The number of hydrogen-bond donors (Lipinski definition) is 0. The van der Waals surface area contributed by atoms with Crippen LogP contribution in [0.2, 0.25) is 0 Å². The van der Waals surface area contributed by atoms with Gasteiger partial charge in [-0.1, -0.05) is 0 Å². The van der Waals surface area contributed by atoms with Crippen molar-refractivity contribution >= 4 is 6.41 Å². The summed E-state index contributed by atoms with van der Waals surface area (Å²) in [4.78, 5) is 11.6. The van der Waals surface area contributed by atoms with Gasteiger partial charge in [-0.15, -0.1) is 0 Å². The van der Waals surface area contributed by atoms with Gasteiger partial charge in [-0.25, -0.2) is 0 Å². The van der Waals surface area contributed by atoms with E-state index in [2.05, 4.69) is 0 Å². The fraction of sp³-hybridized carbons (Fsp3) is 0.833. The average Bonchev–Trinajstić information content (AvgIpc) is 2.38. The molecule has 1 aliphatic heterocycles. The largest absolute Gasteiger partial charge is 0.333 e. The Morgan fingerprint density at radius 1 is 1.38 bits per heavy atom. The first-order valence-electron chi connectivity index (χ1n) is 2.97. The SMILES string of the molecule is O=[C]N1CC2(CC2)C1. The summed E-state index contributed by atoms with van der Waals surface area (Å²) in [6.07, 6.45) is 4.56. The lowest BCUT2D eigenvalue weighted by Gasteiger charge is -2.35. The van der Waals surface area contributed by atoms with E-state index in [9.17, 15) is 4.79 Å². The topological polar surface area (TPSA) is 20.3 Å². The Morgan fingerprint density at radius 3 is 2.38 bits per heavy atom. The molecule has 0 N–H and O–H groups in total. The molecule has 0 aromatic carbocycles. The molecule has 2 heteroatoms. The van der Waals surface area contributed by atoms with Crippen molar-refractivity contribution in [2.75, 3.05) is 13.1 Å². The van der Waals surface area contributed by atoms with Crippen LogP contribution in [-0.4, -0.2) is 24.4 Å². The van der Waals surface area contributed by atoms with E-state index < -0.39 is 0 Å². The molecule has 1 radical (unpaired) electrons. The first-order chi connectivity index (χ1) is 3.85. The third-order valence-corrected chi connectivity index (χ3v) is 2.14. The van der Waals surface area contributed by atoms with E-state index in [1.807, 2.05) is 6.41 Å². The summed E-state index contributed by atoms with van der Waals surface area (Å²) in [6.45, 7) is 1.97. The summed E-state index contributed by atoms with van der Waals surface area (Å²) in [5, 5.41) is 0. The van der Waals surface area contributed by atoms with Crippen LogP contribution in [0.5, 0.6) is 0 Å². The molecule has 0 atom stereocenters. The zero-order chi connectivity index (χ0) is 5.61. The van der Waals surface area contributed by atoms with Gasteiger partial charge in [-0.3, -0.25) is 4.79 Å². The van der Waals surface area contributed by atoms with Crippen LogP contribution >= 0.6 is 0 Å². The van der Waals surface area contributed by atoms with Gasteiger partial charge < -0.3 is 4.90 Å². The number of likely N-dealkylation sites (tertiary alicyclic amines) is 1. The second-order valence-electron chi connectivity index (χ2n) is 2.95. The van der Waals surface area contributed by atoms with E-state index in [0.717, 1.165) is 13.1 Å². The highest BCUT2D eigenvalue weighted by Crippen LogP contribution is 2.52. The molecular weight excluding hydrogens is 102 g/mol. The Labute approximate surface area is 48.5 Å². The predicted octanol–water partition coefficient (Wildman–Crippen LogP) is 0.149. The average molecular weight is 110 g/mol. The number of amides is 1. The summed E-state index contributed by atoms with van der Waals surface area (Å²) >= 11 is 0. The van der Waals surface area contributed by atoms with Crippen molar-refractivity contribution in [3.05, 3.63) is 0 Å². The van der Waals surface area contributed by atoms with Crippen LogP contribution in [0.15, 0.2) is 0 Å². The van der Waals surface area contributed by atoms with E-state index in [1.165, 1.54) is 12.8 Å². The smallest absolute Gasteiger partial charge is 0.312 e. The molecule has 2 nitrogen and oxygen atoms in total. The molecule has 1 spiro atoms. The lowest BCUT2D eigenvalue weighted by atomic mass is 9.98. The van der Waals surface area contributed by atoms with Crippen LogP contribution in [0.25, 0.3) is 0 Å². The maximum atomic E-state index is 9.90. The van der Waals surface area contributed by atoms with Crippen molar-refractivity contribution in [3.8, 4) is 0 Å². The molecule has 43 valence electrons. The highest BCUT2D eigenvalue weighted by atomic mass is 16.1. The standard InChI is InChI=1S/C6H8NO/c8-5-7-3-6(4-7)1-2-6/h1-4H2. The molecule has 1 aliphatic carbocycles. The quantitative estimate of drug-likeness (QED) is 0.470. The minimum absolute atomic E-state index is 0.609.